The van der Waals surface area contributed by atoms with Crippen LogP contribution in [0.4, 0.5) is 0 Å². The normalized spacial score (nSPS) is 9.00. The molecule has 0 heterocycles. The Labute approximate surface area is 143 Å². The number of aldehydes is 1. The van der Waals surface area contributed by atoms with E-state index in [1.807, 2.05) is 0 Å². The van der Waals surface area contributed by atoms with Crippen LogP contribution in [0.1, 0.15) is 55.8 Å². The van der Waals surface area contributed by atoms with Crippen LogP contribution in [-0.4, -0.2) is 35.2 Å². The molecule has 0 N–H and O–H groups in total. The summed E-state index contributed by atoms with van der Waals surface area (Å²) in [6.07, 6.45) is 8.79. The Hall–Kier alpha value is 0.236. The third-order valence-electron chi connectivity index (χ3n) is 2.47. The average molecular weight is 316 g/mol. The molecule has 0 unspecified atom stereocenters. The van der Waals surface area contributed by atoms with Crippen LogP contribution in [0.2, 0.25) is 5.02 Å². The van der Waals surface area contributed by atoms with Gasteiger partial charge in [0.1, 0.15) is 6.29 Å². The van der Waals surface area contributed by atoms with E-state index < -0.39 is 0 Å². The summed E-state index contributed by atoms with van der Waals surface area (Å²) in [7, 11) is 0. The fourth-order valence-corrected chi connectivity index (χ4v) is 1.84. The second-order valence-electron chi connectivity index (χ2n) is 4.13. The van der Waals surface area contributed by atoms with Gasteiger partial charge in [-0.2, -0.15) is 0 Å². The predicted molar refractivity (Wildman–Crippen MR) is 89.5 cm³/mol. The van der Waals surface area contributed by atoms with E-state index in [2.05, 4.69) is 6.92 Å². The SMILES string of the molecule is CCCCCCCCCl.O=Cc1cccc(Cl)c1.[MgH2]. The van der Waals surface area contributed by atoms with Gasteiger partial charge in [0.2, 0.25) is 0 Å². The van der Waals surface area contributed by atoms with Gasteiger partial charge < -0.3 is 0 Å². The van der Waals surface area contributed by atoms with Crippen molar-refractivity contribution in [1.82, 2.24) is 0 Å². The summed E-state index contributed by atoms with van der Waals surface area (Å²) in [6, 6.07) is 6.80. The molecule has 1 rings (SSSR count). The second kappa shape index (κ2) is 16.3. The lowest BCUT2D eigenvalue weighted by Crippen LogP contribution is -1.78. The number of unbranched alkanes of at least 4 members (excludes halogenated alkanes) is 5. The second-order valence-corrected chi connectivity index (χ2v) is 4.94. The van der Waals surface area contributed by atoms with Gasteiger partial charge in [0, 0.05) is 16.5 Å². The van der Waals surface area contributed by atoms with Gasteiger partial charge in [-0.25, -0.2) is 0 Å². The van der Waals surface area contributed by atoms with Crippen molar-refractivity contribution in [3.63, 3.8) is 0 Å². The molecule has 0 aliphatic rings. The molecule has 0 saturated heterocycles. The zero-order valence-electron chi connectivity index (χ0n) is 11.0. The molecule has 0 amide bonds. The first-order valence-electron chi connectivity index (χ1n) is 6.51. The number of hydrogen-bond donors (Lipinski definition) is 0. The molecule has 1 aromatic rings. The van der Waals surface area contributed by atoms with E-state index in [4.69, 9.17) is 23.2 Å². The van der Waals surface area contributed by atoms with Gasteiger partial charge in [-0.05, 0) is 18.6 Å². The van der Waals surface area contributed by atoms with Crippen LogP contribution in [0.3, 0.4) is 0 Å². The Bertz CT molecular complexity index is 313. The summed E-state index contributed by atoms with van der Waals surface area (Å²) < 4.78 is 0. The van der Waals surface area contributed by atoms with Crippen LogP contribution < -0.4 is 0 Å². The monoisotopic (exact) mass is 314 g/mol. The number of benzene rings is 1. The summed E-state index contributed by atoms with van der Waals surface area (Å²) in [5.74, 6) is 0.839. The van der Waals surface area contributed by atoms with Gasteiger partial charge in [-0.1, -0.05) is 62.8 Å². The smallest absolute Gasteiger partial charge is 0.298 e. The Morgan fingerprint density at radius 3 is 2.21 bits per heavy atom. The van der Waals surface area contributed by atoms with Gasteiger partial charge in [0.15, 0.2) is 0 Å². The van der Waals surface area contributed by atoms with Gasteiger partial charge in [0.05, 0.1) is 0 Å². The van der Waals surface area contributed by atoms with Gasteiger partial charge in [-0.3, -0.25) is 4.79 Å². The van der Waals surface area contributed by atoms with Crippen LogP contribution in [0.15, 0.2) is 24.3 Å². The van der Waals surface area contributed by atoms with Crippen molar-refractivity contribution >= 4 is 52.5 Å². The molecule has 0 bridgehead atoms. The van der Waals surface area contributed by atoms with Gasteiger partial charge in [-0.15, -0.1) is 11.6 Å². The van der Waals surface area contributed by atoms with E-state index in [-0.39, 0.29) is 23.1 Å². The minimum absolute atomic E-state index is 0. The largest absolute Gasteiger partial charge is 0.316 e. The molecule has 106 valence electrons. The van der Waals surface area contributed by atoms with Crippen molar-refractivity contribution in [3.8, 4) is 0 Å². The number of carbonyl (C=O) groups is 1. The van der Waals surface area contributed by atoms with Crippen molar-refractivity contribution < 1.29 is 4.79 Å². The summed E-state index contributed by atoms with van der Waals surface area (Å²) in [5, 5.41) is 0.597. The quantitative estimate of drug-likeness (QED) is 0.305. The molecule has 0 spiro atoms. The fourth-order valence-electron chi connectivity index (χ4n) is 1.45. The molecule has 0 aromatic heterocycles. The van der Waals surface area contributed by atoms with Crippen molar-refractivity contribution in [3.05, 3.63) is 34.9 Å². The molecule has 0 aliphatic heterocycles. The van der Waals surface area contributed by atoms with Crippen LogP contribution >= 0.6 is 23.2 Å². The van der Waals surface area contributed by atoms with Gasteiger partial charge >= 0.3 is 23.1 Å². The van der Waals surface area contributed by atoms with Crippen LogP contribution in [0, 0.1) is 0 Å². The van der Waals surface area contributed by atoms with E-state index in [0.29, 0.717) is 10.6 Å². The van der Waals surface area contributed by atoms with Gasteiger partial charge in [0.25, 0.3) is 0 Å². The Kier molecular flexibility index (Phi) is 18.5. The summed E-state index contributed by atoms with van der Waals surface area (Å²) in [5.41, 5.74) is 0.613. The minimum atomic E-state index is 0. The molecule has 0 saturated carbocycles. The first-order chi connectivity index (χ1) is 8.74. The number of halogens is 2. The molecule has 4 heteroatoms. The number of alkyl halides is 1. The average Bonchev–Trinajstić information content (AvgIpc) is 2.39. The van der Waals surface area contributed by atoms with E-state index in [1.165, 1.54) is 38.5 Å². The lowest BCUT2D eigenvalue weighted by molar-refractivity contribution is 0.112. The summed E-state index contributed by atoms with van der Waals surface area (Å²) in [6.45, 7) is 2.24. The Morgan fingerprint density at radius 2 is 1.74 bits per heavy atom. The lowest BCUT2D eigenvalue weighted by Gasteiger charge is -1.95. The van der Waals surface area contributed by atoms with Crippen LogP contribution in [0.5, 0.6) is 0 Å². The lowest BCUT2D eigenvalue weighted by atomic mass is 10.1. The van der Waals surface area contributed by atoms with E-state index in [0.717, 1.165) is 12.2 Å². The van der Waals surface area contributed by atoms with Crippen molar-refractivity contribution in [2.45, 2.75) is 45.4 Å². The molecular weight excluding hydrogens is 291 g/mol. The highest BCUT2D eigenvalue weighted by molar-refractivity contribution is 6.30. The maximum Gasteiger partial charge on any atom is 0.316 e. The first kappa shape index (κ1) is 21.5. The van der Waals surface area contributed by atoms with E-state index in [9.17, 15) is 4.79 Å². The predicted octanol–water partition coefficient (Wildman–Crippen LogP) is 4.82. The maximum absolute atomic E-state index is 10.1. The molecular formula is C15H24Cl2MgO. The Balaban J connectivity index is 0. The third kappa shape index (κ3) is 14.5. The standard InChI is InChI=1S/C8H17Cl.C7H5ClO.Mg.2H/c1-2-3-4-5-6-7-8-9;8-7-3-1-2-6(4-7)5-9;;;/h2-8H2,1H3;1-5H;;;. The van der Waals surface area contributed by atoms with E-state index in [1.54, 1.807) is 24.3 Å². The van der Waals surface area contributed by atoms with Crippen molar-refractivity contribution in [1.29, 1.82) is 0 Å². The molecule has 1 aromatic carbocycles. The molecule has 1 nitrogen and oxygen atoms in total. The molecule has 0 atom stereocenters. The molecule has 0 radical (unpaired) electrons. The highest BCUT2D eigenvalue weighted by Gasteiger charge is 1.88. The zero-order chi connectivity index (χ0) is 13.6. The molecule has 0 aliphatic carbocycles. The number of hydrogen-bond acceptors (Lipinski definition) is 1. The highest BCUT2D eigenvalue weighted by Crippen LogP contribution is 2.08. The van der Waals surface area contributed by atoms with Crippen molar-refractivity contribution in [2.75, 3.05) is 5.88 Å². The maximum atomic E-state index is 10.1. The zero-order valence-corrected chi connectivity index (χ0v) is 12.5. The molecule has 0 fully saturated rings. The number of rotatable bonds is 7. The Morgan fingerprint density at radius 1 is 1.11 bits per heavy atom. The third-order valence-corrected chi connectivity index (χ3v) is 2.97. The highest BCUT2D eigenvalue weighted by atomic mass is 35.5. The van der Waals surface area contributed by atoms with Crippen LogP contribution in [-0.2, 0) is 0 Å². The molecule has 19 heavy (non-hydrogen) atoms. The summed E-state index contributed by atoms with van der Waals surface area (Å²) in [4.78, 5) is 10.1. The van der Waals surface area contributed by atoms with E-state index >= 15 is 0 Å². The minimum Gasteiger partial charge on any atom is -0.298 e. The summed E-state index contributed by atoms with van der Waals surface area (Å²) >= 11 is 11.1. The fraction of sp³-hybridized carbons (Fsp3) is 0.533. The number of carbonyl (C=O) groups excluding carboxylic acids is 1. The topological polar surface area (TPSA) is 17.1 Å². The van der Waals surface area contributed by atoms with Crippen molar-refractivity contribution in [2.24, 2.45) is 0 Å². The van der Waals surface area contributed by atoms with Crippen LogP contribution in [0.25, 0.3) is 0 Å². The first-order valence-corrected chi connectivity index (χ1v) is 7.42.